The van der Waals surface area contributed by atoms with E-state index in [9.17, 15) is 9.59 Å². The number of thiazole rings is 1. The molecule has 1 heterocycles. The number of amides is 1. The molecule has 0 fully saturated rings. The van der Waals surface area contributed by atoms with Crippen molar-refractivity contribution in [2.75, 3.05) is 17.7 Å². The summed E-state index contributed by atoms with van der Waals surface area (Å²) in [6, 6.07) is 17.8. The predicted octanol–water partition coefficient (Wildman–Crippen LogP) is 5.13. The Hall–Kier alpha value is -2.29. The van der Waals surface area contributed by atoms with E-state index < -0.39 is 0 Å². The van der Waals surface area contributed by atoms with Crippen molar-refractivity contribution in [3.8, 4) is 0 Å². The van der Waals surface area contributed by atoms with Crippen LogP contribution in [0.15, 0.2) is 74.1 Å². The lowest BCUT2D eigenvalue weighted by Gasteiger charge is -2.10. The van der Waals surface area contributed by atoms with Gasteiger partial charge in [0.2, 0.25) is 5.91 Å². The largest absolute Gasteiger partial charge is 0.466 e. The average molecular weight is 445 g/mol. The van der Waals surface area contributed by atoms with Crippen LogP contribution < -0.4 is 5.32 Å². The van der Waals surface area contributed by atoms with Crippen molar-refractivity contribution in [3.05, 3.63) is 65.7 Å². The van der Waals surface area contributed by atoms with Gasteiger partial charge >= 0.3 is 5.97 Å². The fourth-order valence-electron chi connectivity index (χ4n) is 2.38. The van der Waals surface area contributed by atoms with Crippen molar-refractivity contribution < 1.29 is 14.3 Å². The predicted molar refractivity (Wildman–Crippen MR) is 119 cm³/mol. The van der Waals surface area contributed by atoms with E-state index in [1.807, 2.05) is 60.0 Å². The molecule has 0 bridgehead atoms. The molecular weight excluding hydrogens is 424 g/mol. The Balaban J connectivity index is 1.54. The summed E-state index contributed by atoms with van der Waals surface area (Å²) in [5.74, 6) is -0.144. The maximum absolute atomic E-state index is 12.4. The van der Waals surface area contributed by atoms with Gasteiger partial charge in [0.15, 0.2) is 4.34 Å². The van der Waals surface area contributed by atoms with Crippen LogP contribution in [0.2, 0.25) is 0 Å². The highest BCUT2D eigenvalue weighted by Gasteiger charge is 2.12. The van der Waals surface area contributed by atoms with Crippen LogP contribution in [0, 0.1) is 0 Å². The average Bonchev–Trinajstić information content (AvgIpc) is 3.16. The third-order valence-electron chi connectivity index (χ3n) is 3.62. The van der Waals surface area contributed by atoms with Crippen molar-refractivity contribution in [2.24, 2.45) is 0 Å². The number of hydrogen-bond acceptors (Lipinski definition) is 7. The summed E-state index contributed by atoms with van der Waals surface area (Å²) in [7, 11) is 0. The smallest absolute Gasteiger partial charge is 0.311 e. The second kappa shape index (κ2) is 11.0. The zero-order chi connectivity index (χ0) is 20.5. The van der Waals surface area contributed by atoms with Gasteiger partial charge in [0.1, 0.15) is 0 Å². The van der Waals surface area contributed by atoms with Gasteiger partial charge in [0.05, 0.1) is 30.2 Å². The highest BCUT2D eigenvalue weighted by atomic mass is 32.2. The lowest BCUT2D eigenvalue weighted by atomic mass is 10.3. The van der Waals surface area contributed by atoms with Crippen LogP contribution in [0.25, 0.3) is 0 Å². The van der Waals surface area contributed by atoms with E-state index in [0.717, 1.165) is 19.8 Å². The van der Waals surface area contributed by atoms with Gasteiger partial charge < -0.3 is 10.1 Å². The first-order valence-corrected chi connectivity index (χ1v) is 11.7. The van der Waals surface area contributed by atoms with E-state index in [2.05, 4.69) is 10.3 Å². The number of hydrogen-bond donors (Lipinski definition) is 1. The van der Waals surface area contributed by atoms with Crippen molar-refractivity contribution in [1.29, 1.82) is 0 Å². The minimum Gasteiger partial charge on any atom is -0.466 e. The van der Waals surface area contributed by atoms with E-state index in [1.165, 1.54) is 23.1 Å². The third kappa shape index (κ3) is 6.92. The standard InChI is InChI=1S/C21H20N2O3S3/c1-2-26-20(25)12-15-13-27-21(22-15)28-14-19(24)23-17-10-6-7-11-18(17)29-16-8-4-3-5-9-16/h3-11,13H,2,12,14H2,1H3,(H,23,24). The topological polar surface area (TPSA) is 68.3 Å². The summed E-state index contributed by atoms with van der Waals surface area (Å²) in [5.41, 5.74) is 1.45. The Morgan fingerprint density at radius 2 is 1.86 bits per heavy atom. The van der Waals surface area contributed by atoms with Crippen molar-refractivity contribution >= 4 is 52.4 Å². The van der Waals surface area contributed by atoms with Crippen molar-refractivity contribution in [1.82, 2.24) is 4.98 Å². The minimum atomic E-state index is -0.292. The Morgan fingerprint density at radius 3 is 2.66 bits per heavy atom. The number of carbonyl (C=O) groups is 2. The Labute approximate surface area is 182 Å². The first kappa shape index (κ1) is 21.4. The summed E-state index contributed by atoms with van der Waals surface area (Å²) in [4.78, 5) is 30.4. The highest BCUT2D eigenvalue weighted by molar-refractivity contribution is 8.01. The number of ether oxygens (including phenoxy) is 1. The monoisotopic (exact) mass is 444 g/mol. The van der Waals surface area contributed by atoms with E-state index in [-0.39, 0.29) is 24.1 Å². The van der Waals surface area contributed by atoms with E-state index in [0.29, 0.717) is 12.3 Å². The molecule has 150 valence electrons. The molecule has 0 unspecified atom stereocenters. The highest BCUT2D eigenvalue weighted by Crippen LogP contribution is 2.33. The lowest BCUT2D eigenvalue weighted by Crippen LogP contribution is -2.14. The van der Waals surface area contributed by atoms with Gasteiger partial charge in [-0.15, -0.1) is 11.3 Å². The number of para-hydroxylation sites is 1. The summed E-state index contributed by atoms with van der Waals surface area (Å²) in [6.07, 6.45) is 0.154. The lowest BCUT2D eigenvalue weighted by molar-refractivity contribution is -0.142. The minimum absolute atomic E-state index is 0.0988. The van der Waals surface area contributed by atoms with Gasteiger partial charge in [0, 0.05) is 15.2 Å². The molecule has 0 atom stereocenters. The molecule has 1 aromatic heterocycles. The number of aromatic nitrogens is 1. The number of nitrogens with one attached hydrogen (secondary N) is 1. The number of anilines is 1. The first-order valence-electron chi connectivity index (χ1n) is 8.98. The quantitative estimate of drug-likeness (QED) is 0.364. The number of thioether (sulfide) groups is 1. The molecule has 0 radical (unpaired) electrons. The fourth-order valence-corrected chi connectivity index (χ4v) is 4.95. The van der Waals surface area contributed by atoms with Crippen LogP contribution in [-0.2, 0) is 20.7 Å². The third-order valence-corrected chi connectivity index (χ3v) is 6.77. The number of rotatable bonds is 9. The molecule has 0 aliphatic heterocycles. The molecule has 2 aromatic carbocycles. The van der Waals surface area contributed by atoms with Crippen molar-refractivity contribution in [3.63, 3.8) is 0 Å². The summed E-state index contributed by atoms with van der Waals surface area (Å²) in [5, 5.41) is 4.80. The molecule has 0 aliphatic carbocycles. The van der Waals surface area contributed by atoms with Gasteiger partial charge in [-0.3, -0.25) is 9.59 Å². The molecule has 5 nitrogen and oxygen atoms in total. The Morgan fingerprint density at radius 1 is 1.10 bits per heavy atom. The Bertz CT molecular complexity index is 961. The molecule has 0 aliphatic rings. The van der Waals surface area contributed by atoms with Gasteiger partial charge in [-0.2, -0.15) is 0 Å². The zero-order valence-electron chi connectivity index (χ0n) is 15.8. The Kier molecular flexibility index (Phi) is 8.15. The van der Waals surface area contributed by atoms with Crippen LogP contribution in [0.5, 0.6) is 0 Å². The molecule has 3 rings (SSSR count). The van der Waals surface area contributed by atoms with Crippen LogP contribution in [-0.4, -0.2) is 29.2 Å². The van der Waals surface area contributed by atoms with Gasteiger partial charge in [-0.25, -0.2) is 4.98 Å². The van der Waals surface area contributed by atoms with Gasteiger partial charge in [-0.05, 0) is 31.2 Å². The van der Waals surface area contributed by atoms with Crippen LogP contribution in [0.3, 0.4) is 0 Å². The second-order valence-electron chi connectivity index (χ2n) is 5.83. The number of carbonyl (C=O) groups excluding carboxylic acids is 2. The van der Waals surface area contributed by atoms with Crippen molar-refractivity contribution in [2.45, 2.75) is 27.5 Å². The molecule has 29 heavy (non-hydrogen) atoms. The summed E-state index contributed by atoms with van der Waals surface area (Å²) in [6.45, 7) is 2.13. The van der Waals surface area contributed by atoms with E-state index >= 15 is 0 Å². The number of esters is 1. The van der Waals surface area contributed by atoms with E-state index in [1.54, 1.807) is 18.7 Å². The molecule has 1 N–H and O–H groups in total. The number of nitrogens with zero attached hydrogens (tertiary/aromatic N) is 1. The van der Waals surface area contributed by atoms with Crippen LogP contribution in [0.4, 0.5) is 5.69 Å². The molecule has 8 heteroatoms. The second-order valence-corrected chi connectivity index (χ2v) is 9.03. The van der Waals surface area contributed by atoms with E-state index in [4.69, 9.17) is 4.74 Å². The fraction of sp³-hybridized carbons (Fsp3) is 0.190. The molecular formula is C21H20N2O3S3. The maximum Gasteiger partial charge on any atom is 0.311 e. The van der Waals surface area contributed by atoms with Crippen LogP contribution in [0.1, 0.15) is 12.6 Å². The summed E-state index contributed by atoms with van der Waals surface area (Å²) >= 11 is 4.39. The molecule has 0 saturated carbocycles. The normalized spacial score (nSPS) is 10.5. The molecule has 3 aromatic rings. The molecule has 0 spiro atoms. The zero-order valence-corrected chi connectivity index (χ0v) is 18.2. The molecule has 1 amide bonds. The van der Waals surface area contributed by atoms with Gasteiger partial charge in [-0.1, -0.05) is 53.9 Å². The number of benzene rings is 2. The van der Waals surface area contributed by atoms with Gasteiger partial charge in [0.25, 0.3) is 0 Å². The van der Waals surface area contributed by atoms with Crippen LogP contribution >= 0.6 is 34.9 Å². The maximum atomic E-state index is 12.4. The SMILES string of the molecule is CCOC(=O)Cc1csc(SCC(=O)Nc2ccccc2Sc2ccccc2)n1. The summed E-state index contributed by atoms with van der Waals surface area (Å²) < 4.78 is 5.68. The first-order chi connectivity index (χ1) is 14.1. The molecule has 0 saturated heterocycles.